The molecule has 2 aromatic carbocycles. The molecule has 5 rings (SSSR count). The molecule has 6 nitrogen and oxygen atoms in total. The summed E-state index contributed by atoms with van der Waals surface area (Å²) in [5.41, 5.74) is 4.06. The second-order valence-electron chi connectivity index (χ2n) is 9.15. The Morgan fingerprint density at radius 2 is 1.97 bits per heavy atom. The number of thiophene rings is 1. The van der Waals surface area contributed by atoms with E-state index in [-0.39, 0.29) is 29.2 Å². The van der Waals surface area contributed by atoms with Gasteiger partial charge in [0.2, 0.25) is 0 Å². The normalized spacial score (nSPS) is 21.4. The van der Waals surface area contributed by atoms with Gasteiger partial charge in [0.15, 0.2) is 11.5 Å². The Morgan fingerprint density at radius 3 is 2.65 bits per heavy atom. The SMILES string of the molecule is COc1ccc(CN2CCC3(CC2)c2ccccc2[C@@H](NC(=O)c2ccsc2)[C@@H]3OC)cc1O. The predicted molar refractivity (Wildman–Crippen MR) is 133 cm³/mol. The molecule has 1 aliphatic heterocycles. The topological polar surface area (TPSA) is 71.0 Å². The molecule has 1 amide bonds. The van der Waals surface area contributed by atoms with Crippen LogP contribution in [0.4, 0.5) is 0 Å². The summed E-state index contributed by atoms with van der Waals surface area (Å²) in [5, 5.41) is 17.2. The number of methoxy groups -OCH3 is 2. The second-order valence-corrected chi connectivity index (χ2v) is 9.93. The number of hydrogen-bond acceptors (Lipinski definition) is 6. The van der Waals surface area contributed by atoms with Crippen LogP contribution in [0.5, 0.6) is 11.5 Å². The molecule has 178 valence electrons. The Labute approximate surface area is 204 Å². The molecule has 2 N–H and O–H groups in total. The molecular weight excluding hydrogens is 448 g/mol. The number of aromatic hydroxyl groups is 1. The van der Waals surface area contributed by atoms with Crippen molar-refractivity contribution in [2.24, 2.45) is 0 Å². The van der Waals surface area contributed by atoms with Gasteiger partial charge in [0.1, 0.15) is 0 Å². The number of nitrogens with one attached hydrogen (secondary N) is 1. The molecule has 0 bridgehead atoms. The Hall–Kier alpha value is -2.87. The van der Waals surface area contributed by atoms with Crippen LogP contribution >= 0.6 is 11.3 Å². The first-order valence-electron chi connectivity index (χ1n) is 11.6. The zero-order valence-electron chi connectivity index (χ0n) is 19.5. The molecule has 2 aliphatic rings. The standard InChI is InChI=1S/C27H30N2O4S/c1-32-23-8-7-18(15-22(23)30)16-29-12-10-27(11-13-29)21-6-4-3-5-20(21)24(25(27)33-2)28-26(31)19-9-14-34-17-19/h3-9,14-15,17,24-25,30H,10-13,16H2,1-2H3,(H,28,31)/t24-,25+/m1/s1. The van der Waals surface area contributed by atoms with Crippen LogP contribution in [0.3, 0.4) is 0 Å². The van der Waals surface area contributed by atoms with Gasteiger partial charge in [-0.25, -0.2) is 0 Å². The Kier molecular flexibility index (Phi) is 6.34. The largest absolute Gasteiger partial charge is 0.504 e. The van der Waals surface area contributed by atoms with Crippen LogP contribution in [-0.4, -0.2) is 49.3 Å². The van der Waals surface area contributed by atoms with Gasteiger partial charge in [-0.2, -0.15) is 11.3 Å². The third kappa shape index (κ3) is 3.98. The summed E-state index contributed by atoms with van der Waals surface area (Å²) in [7, 11) is 3.31. The van der Waals surface area contributed by atoms with Gasteiger partial charge < -0.3 is 19.9 Å². The van der Waals surface area contributed by atoms with Crippen LogP contribution in [0.1, 0.15) is 45.9 Å². The lowest BCUT2D eigenvalue weighted by molar-refractivity contribution is -0.0122. The molecule has 0 unspecified atom stereocenters. The Balaban J connectivity index is 1.35. The van der Waals surface area contributed by atoms with Crippen LogP contribution in [0.2, 0.25) is 0 Å². The van der Waals surface area contributed by atoms with Gasteiger partial charge in [-0.05, 0) is 66.2 Å². The summed E-state index contributed by atoms with van der Waals surface area (Å²) in [4.78, 5) is 15.4. The summed E-state index contributed by atoms with van der Waals surface area (Å²) < 4.78 is 11.3. The molecule has 2 atom stereocenters. The van der Waals surface area contributed by atoms with E-state index in [1.807, 2.05) is 35.0 Å². The Bertz CT molecular complexity index is 1160. The zero-order chi connectivity index (χ0) is 23.7. The number of ether oxygens (including phenoxy) is 2. The fourth-order valence-corrected chi connectivity index (χ4v) is 6.38. The number of rotatable bonds is 6. The van der Waals surface area contributed by atoms with Crippen LogP contribution < -0.4 is 10.1 Å². The molecular formula is C27H30N2O4S. The van der Waals surface area contributed by atoms with E-state index in [1.165, 1.54) is 16.9 Å². The van der Waals surface area contributed by atoms with E-state index < -0.39 is 0 Å². The highest BCUT2D eigenvalue weighted by molar-refractivity contribution is 7.08. The molecule has 34 heavy (non-hydrogen) atoms. The van der Waals surface area contributed by atoms with Crippen LogP contribution in [0.15, 0.2) is 59.3 Å². The minimum absolute atomic E-state index is 0.0584. The molecule has 0 radical (unpaired) electrons. The van der Waals surface area contributed by atoms with Crippen LogP contribution in [0.25, 0.3) is 0 Å². The highest BCUT2D eigenvalue weighted by Gasteiger charge is 2.54. The summed E-state index contributed by atoms with van der Waals surface area (Å²) in [6, 6.07) is 15.7. The third-order valence-corrected chi connectivity index (χ3v) is 8.08. The van der Waals surface area contributed by atoms with Gasteiger partial charge in [-0.15, -0.1) is 0 Å². The number of phenolic OH excluding ortho intramolecular Hbond substituents is 1. The number of phenols is 1. The molecule has 2 heterocycles. The number of nitrogens with zero attached hydrogens (tertiary/aromatic N) is 1. The van der Waals surface area contributed by atoms with Crippen LogP contribution in [-0.2, 0) is 16.7 Å². The molecule has 1 aliphatic carbocycles. The van der Waals surface area contributed by atoms with Gasteiger partial charge in [-0.3, -0.25) is 9.69 Å². The lowest BCUT2D eigenvalue weighted by Crippen LogP contribution is -2.50. The maximum Gasteiger partial charge on any atom is 0.252 e. The van der Waals surface area contributed by atoms with Crippen molar-refractivity contribution in [3.8, 4) is 11.5 Å². The molecule has 7 heteroatoms. The first-order valence-corrected chi connectivity index (χ1v) is 12.5. The van der Waals surface area contributed by atoms with Gasteiger partial charge >= 0.3 is 0 Å². The second kappa shape index (κ2) is 9.41. The van der Waals surface area contributed by atoms with E-state index in [0.29, 0.717) is 11.3 Å². The van der Waals surface area contributed by atoms with Gasteiger partial charge in [0, 0.05) is 24.4 Å². The summed E-state index contributed by atoms with van der Waals surface area (Å²) in [5.74, 6) is 0.598. The number of amides is 1. The molecule has 0 saturated carbocycles. The summed E-state index contributed by atoms with van der Waals surface area (Å²) >= 11 is 1.52. The van der Waals surface area contributed by atoms with E-state index in [1.54, 1.807) is 20.3 Å². The first-order chi connectivity index (χ1) is 16.6. The number of piperidine rings is 1. The van der Waals surface area contributed by atoms with E-state index in [0.717, 1.165) is 43.6 Å². The maximum absolute atomic E-state index is 12.9. The van der Waals surface area contributed by atoms with Crippen molar-refractivity contribution >= 4 is 17.2 Å². The van der Waals surface area contributed by atoms with Crippen molar-refractivity contribution in [1.29, 1.82) is 0 Å². The van der Waals surface area contributed by atoms with E-state index >= 15 is 0 Å². The van der Waals surface area contributed by atoms with Gasteiger partial charge in [0.25, 0.3) is 5.91 Å². The average molecular weight is 479 g/mol. The minimum Gasteiger partial charge on any atom is -0.504 e. The van der Waals surface area contributed by atoms with Crippen molar-refractivity contribution in [2.75, 3.05) is 27.3 Å². The predicted octanol–water partition coefficient (Wildman–Crippen LogP) is 4.50. The lowest BCUT2D eigenvalue weighted by Gasteiger charge is -2.44. The zero-order valence-corrected chi connectivity index (χ0v) is 20.3. The fraction of sp³-hybridized carbons (Fsp3) is 0.370. The van der Waals surface area contributed by atoms with Crippen molar-refractivity contribution in [1.82, 2.24) is 10.2 Å². The lowest BCUT2D eigenvalue weighted by atomic mass is 9.72. The Morgan fingerprint density at radius 1 is 1.18 bits per heavy atom. The number of carbonyl (C=O) groups excluding carboxylic acids is 1. The van der Waals surface area contributed by atoms with E-state index in [9.17, 15) is 9.90 Å². The van der Waals surface area contributed by atoms with Gasteiger partial charge in [-0.1, -0.05) is 30.3 Å². The van der Waals surface area contributed by atoms with Crippen LogP contribution in [0, 0.1) is 0 Å². The smallest absolute Gasteiger partial charge is 0.252 e. The third-order valence-electron chi connectivity index (χ3n) is 7.40. The monoisotopic (exact) mass is 478 g/mol. The number of carbonyl (C=O) groups is 1. The number of fused-ring (bicyclic) bond motifs is 2. The average Bonchev–Trinajstić information content (AvgIpc) is 3.47. The number of benzene rings is 2. The highest BCUT2D eigenvalue weighted by Crippen LogP contribution is 2.52. The number of hydrogen-bond donors (Lipinski definition) is 2. The summed E-state index contributed by atoms with van der Waals surface area (Å²) in [6.45, 7) is 2.59. The highest BCUT2D eigenvalue weighted by atomic mass is 32.1. The van der Waals surface area contributed by atoms with Gasteiger partial charge in [0.05, 0.1) is 24.8 Å². The molecule has 1 saturated heterocycles. The minimum atomic E-state index is -0.182. The first kappa shape index (κ1) is 22.9. The van der Waals surface area contributed by atoms with Crippen molar-refractivity contribution in [2.45, 2.75) is 36.9 Å². The van der Waals surface area contributed by atoms with E-state index in [2.05, 4.69) is 28.4 Å². The van der Waals surface area contributed by atoms with Crippen molar-refractivity contribution in [3.63, 3.8) is 0 Å². The van der Waals surface area contributed by atoms with Crippen molar-refractivity contribution < 1.29 is 19.4 Å². The molecule has 1 aromatic heterocycles. The van der Waals surface area contributed by atoms with Crippen molar-refractivity contribution in [3.05, 3.63) is 81.5 Å². The molecule has 1 fully saturated rings. The quantitative estimate of drug-likeness (QED) is 0.546. The molecule has 3 aromatic rings. The summed E-state index contributed by atoms with van der Waals surface area (Å²) in [6.07, 6.45) is 1.75. The number of likely N-dealkylation sites (tertiary alicyclic amines) is 1. The molecule has 1 spiro atoms. The maximum atomic E-state index is 12.9. The van der Waals surface area contributed by atoms with E-state index in [4.69, 9.17) is 9.47 Å². The fourth-order valence-electron chi connectivity index (χ4n) is 5.75.